The zero-order valence-corrected chi connectivity index (χ0v) is 19.0. The number of rotatable bonds is 5. The van der Waals surface area contributed by atoms with E-state index in [2.05, 4.69) is 10.1 Å². The molecule has 0 bridgehead atoms. The van der Waals surface area contributed by atoms with Gasteiger partial charge >= 0.3 is 5.97 Å². The molecule has 0 saturated carbocycles. The minimum Gasteiger partial charge on any atom is -0.476 e. The van der Waals surface area contributed by atoms with Gasteiger partial charge in [0.2, 0.25) is 5.91 Å². The van der Waals surface area contributed by atoms with Gasteiger partial charge in [-0.1, -0.05) is 54.1 Å². The summed E-state index contributed by atoms with van der Waals surface area (Å²) in [5, 5.41) is 13.9. The fourth-order valence-corrected chi connectivity index (χ4v) is 3.39. The van der Waals surface area contributed by atoms with Crippen LogP contribution in [0.4, 0.5) is 0 Å². The summed E-state index contributed by atoms with van der Waals surface area (Å²) < 4.78 is 6.70. The predicted molar refractivity (Wildman–Crippen MR) is 131 cm³/mol. The number of carboxylic acids is 1. The van der Waals surface area contributed by atoms with Gasteiger partial charge < -0.3 is 15.3 Å². The van der Waals surface area contributed by atoms with Crippen molar-refractivity contribution >= 4 is 23.5 Å². The molecule has 5 rings (SSSR count). The average Bonchev–Trinajstić information content (AvgIpc) is 3.57. The van der Waals surface area contributed by atoms with Crippen molar-refractivity contribution in [1.82, 2.24) is 14.8 Å². The lowest BCUT2D eigenvalue weighted by molar-refractivity contribution is 0.0689. The molecule has 0 aliphatic rings. The number of nitrogens with zero attached hydrogens (tertiary/aromatic N) is 3. The van der Waals surface area contributed by atoms with E-state index in [1.807, 2.05) is 36.4 Å². The number of oxazole rings is 1. The molecule has 0 unspecified atom stereocenters. The van der Waals surface area contributed by atoms with Gasteiger partial charge in [-0.15, -0.1) is 0 Å². The molecule has 5 aromatic rings. The molecule has 8 nitrogen and oxygen atoms in total. The van der Waals surface area contributed by atoms with Crippen molar-refractivity contribution in [3.8, 4) is 28.3 Å². The van der Waals surface area contributed by atoms with E-state index in [4.69, 9.17) is 26.9 Å². The number of carboxylic acid groups (broad SMARTS) is 1. The van der Waals surface area contributed by atoms with Crippen molar-refractivity contribution < 1.29 is 19.1 Å². The van der Waals surface area contributed by atoms with Crippen LogP contribution in [-0.2, 0) is 0 Å². The summed E-state index contributed by atoms with van der Waals surface area (Å²) in [6.45, 7) is 0. The summed E-state index contributed by atoms with van der Waals surface area (Å²) in [5.41, 5.74) is 8.77. The first-order valence-corrected chi connectivity index (χ1v) is 10.7. The Labute approximate surface area is 205 Å². The van der Waals surface area contributed by atoms with Gasteiger partial charge in [0.05, 0.1) is 17.6 Å². The molecule has 0 aliphatic carbocycles. The first kappa shape index (κ1) is 23.5. The third-order valence-corrected chi connectivity index (χ3v) is 5.19. The van der Waals surface area contributed by atoms with Crippen LogP contribution in [0.25, 0.3) is 28.3 Å². The minimum absolute atomic E-state index is 0.00352. The highest BCUT2D eigenvalue weighted by Gasteiger charge is 2.15. The molecule has 3 aromatic carbocycles. The van der Waals surface area contributed by atoms with E-state index >= 15 is 0 Å². The number of aromatic carboxylic acids is 1. The molecular weight excluding hydrogens is 468 g/mol. The number of aromatic nitrogens is 3. The molecule has 9 heteroatoms. The largest absolute Gasteiger partial charge is 0.476 e. The second-order valence-electron chi connectivity index (χ2n) is 7.28. The van der Waals surface area contributed by atoms with Gasteiger partial charge in [0.15, 0.2) is 17.8 Å². The number of carbonyl (C=O) groups excluding carboxylic acids is 1. The molecule has 3 N–H and O–H groups in total. The van der Waals surface area contributed by atoms with Crippen LogP contribution in [0, 0.1) is 0 Å². The highest BCUT2D eigenvalue weighted by Crippen LogP contribution is 2.25. The molecule has 35 heavy (non-hydrogen) atoms. The van der Waals surface area contributed by atoms with E-state index in [0.29, 0.717) is 16.3 Å². The minimum atomic E-state index is -1.06. The van der Waals surface area contributed by atoms with E-state index in [1.165, 1.54) is 6.39 Å². The topological polar surface area (TPSA) is 124 Å². The zero-order chi connectivity index (χ0) is 24.8. The lowest BCUT2D eigenvalue weighted by Crippen LogP contribution is -2.10. The van der Waals surface area contributed by atoms with E-state index < -0.39 is 11.9 Å². The molecule has 0 fully saturated rings. The van der Waals surface area contributed by atoms with Crippen molar-refractivity contribution in [3.63, 3.8) is 0 Å². The molecule has 2 heterocycles. The number of primary amides is 1. The van der Waals surface area contributed by atoms with Crippen LogP contribution in [0.2, 0.25) is 5.02 Å². The quantitative estimate of drug-likeness (QED) is 0.346. The molecule has 0 saturated heterocycles. The Bertz CT molecular complexity index is 1450. The van der Waals surface area contributed by atoms with E-state index in [1.54, 1.807) is 59.4 Å². The SMILES string of the molecule is NC(=O)c1cccc(-c2cnco2)c1.O=C(O)c1cc(-c2ccccc2)n(-c2ccc(Cl)cc2)n1. The lowest BCUT2D eigenvalue weighted by atomic mass is 10.1. The fraction of sp³-hybridized carbons (Fsp3) is 0. The van der Waals surface area contributed by atoms with Crippen LogP contribution in [0.15, 0.2) is 102 Å². The Hall–Kier alpha value is -4.69. The molecular formula is C26H19ClN4O4. The summed E-state index contributed by atoms with van der Waals surface area (Å²) in [4.78, 5) is 25.9. The number of halogens is 1. The van der Waals surface area contributed by atoms with Gasteiger partial charge in [0.1, 0.15) is 0 Å². The van der Waals surface area contributed by atoms with Crippen LogP contribution >= 0.6 is 11.6 Å². The first-order chi connectivity index (χ1) is 16.9. The molecule has 174 valence electrons. The van der Waals surface area contributed by atoms with Crippen molar-refractivity contribution in [2.75, 3.05) is 0 Å². The van der Waals surface area contributed by atoms with E-state index in [0.717, 1.165) is 22.5 Å². The Kier molecular flexibility index (Phi) is 7.04. The second-order valence-corrected chi connectivity index (χ2v) is 7.72. The second kappa shape index (κ2) is 10.5. The highest BCUT2D eigenvalue weighted by atomic mass is 35.5. The standard InChI is InChI=1S/C16H11ClN2O2.C10H8N2O2/c17-12-6-8-13(9-7-12)19-15(10-14(18-19)16(20)21)11-4-2-1-3-5-11;11-10(13)8-3-1-2-7(4-8)9-5-12-6-14-9/h1-10H,(H,20,21);1-6H,(H2,11,13). The third-order valence-electron chi connectivity index (χ3n) is 4.93. The number of amides is 1. The van der Waals surface area contributed by atoms with Crippen LogP contribution in [0.5, 0.6) is 0 Å². The zero-order valence-electron chi connectivity index (χ0n) is 18.2. The van der Waals surface area contributed by atoms with Crippen LogP contribution in [0.1, 0.15) is 20.8 Å². The number of hydrogen-bond donors (Lipinski definition) is 2. The van der Waals surface area contributed by atoms with Crippen molar-refractivity contribution in [2.45, 2.75) is 0 Å². The number of carbonyl (C=O) groups is 2. The van der Waals surface area contributed by atoms with E-state index in [9.17, 15) is 9.59 Å². The van der Waals surface area contributed by atoms with Crippen LogP contribution < -0.4 is 5.73 Å². The van der Waals surface area contributed by atoms with Crippen LogP contribution in [-0.4, -0.2) is 31.7 Å². The molecule has 0 radical (unpaired) electrons. The van der Waals surface area contributed by atoms with Crippen LogP contribution in [0.3, 0.4) is 0 Å². The normalized spacial score (nSPS) is 10.3. The molecule has 1 amide bonds. The summed E-state index contributed by atoms with van der Waals surface area (Å²) in [6, 6.07) is 25.1. The first-order valence-electron chi connectivity index (χ1n) is 10.4. The predicted octanol–water partition coefficient (Wildman–Crippen LogP) is 5.33. The van der Waals surface area contributed by atoms with Gasteiger partial charge in [0.25, 0.3) is 0 Å². The third kappa shape index (κ3) is 5.63. The maximum absolute atomic E-state index is 11.2. The Morgan fingerprint density at radius 1 is 0.914 bits per heavy atom. The van der Waals surface area contributed by atoms with Gasteiger partial charge in [-0.3, -0.25) is 4.79 Å². The number of hydrogen-bond acceptors (Lipinski definition) is 5. The summed E-state index contributed by atoms with van der Waals surface area (Å²) in [5.74, 6) is -0.889. The monoisotopic (exact) mass is 486 g/mol. The maximum atomic E-state index is 11.2. The number of nitrogens with two attached hydrogens (primary N) is 1. The summed E-state index contributed by atoms with van der Waals surface area (Å²) in [6.07, 6.45) is 2.92. The Balaban J connectivity index is 0.000000179. The summed E-state index contributed by atoms with van der Waals surface area (Å²) >= 11 is 5.89. The molecule has 0 spiro atoms. The van der Waals surface area contributed by atoms with Gasteiger partial charge in [-0.05, 0) is 42.5 Å². The van der Waals surface area contributed by atoms with Gasteiger partial charge in [-0.25, -0.2) is 14.5 Å². The smallest absolute Gasteiger partial charge is 0.356 e. The maximum Gasteiger partial charge on any atom is 0.356 e. The van der Waals surface area contributed by atoms with E-state index in [-0.39, 0.29) is 5.69 Å². The molecule has 0 aliphatic heterocycles. The lowest BCUT2D eigenvalue weighted by Gasteiger charge is -2.07. The fourth-order valence-electron chi connectivity index (χ4n) is 3.26. The highest BCUT2D eigenvalue weighted by molar-refractivity contribution is 6.30. The Morgan fingerprint density at radius 2 is 1.63 bits per heavy atom. The van der Waals surface area contributed by atoms with Crippen molar-refractivity contribution in [2.24, 2.45) is 5.73 Å². The van der Waals surface area contributed by atoms with Gasteiger partial charge in [-0.2, -0.15) is 5.10 Å². The molecule has 2 aromatic heterocycles. The summed E-state index contributed by atoms with van der Waals surface area (Å²) in [7, 11) is 0. The number of benzene rings is 3. The average molecular weight is 487 g/mol. The van der Waals surface area contributed by atoms with Crippen molar-refractivity contribution in [3.05, 3.63) is 114 Å². The van der Waals surface area contributed by atoms with Gasteiger partial charge in [0, 0.05) is 21.7 Å². The Morgan fingerprint density at radius 3 is 2.26 bits per heavy atom. The molecule has 0 atom stereocenters. The van der Waals surface area contributed by atoms with Crippen molar-refractivity contribution in [1.29, 1.82) is 0 Å².